The smallest absolute Gasteiger partial charge is 0.345 e. The number of hydrogen-bond donors (Lipinski definition) is 1. The lowest BCUT2D eigenvalue weighted by atomic mass is 10.0. The van der Waals surface area contributed by atoms with E-state index in [1.54, 1.807) is 0 Å². The third kappa shape index (κ3) is 3.38. The number of thiophene rings is 1. The Morgan fingerprint density at radius 2 is 2.35 bits per heavy atom. The van der Waals surface area contributed by atoms with E-state index in [1.165, 1.54) is 22.8 Å². The van der Waals surface area contributed by atoms with E-state index in [9.17, 15) is 13.2 Å². The van der Waals surface area contributed by atoms with Gasteiger partial charge in [0.1, 0.15) is 4.88 Å². The van der Waals surface area contributed by atoms with Gasteiger partial charge in [-0.05, 0) is 24.8 Å². The molecule has 1 aromatic rings. The largest absolute Gasteiger partial charge is 0.477 e. The lowest BCUT2D eigenvalue weighted by Gasteiger charge is -2.26. The molecule has 2 heterocycles. The number of carbonyl (C=O) groups is 1. The van der Waals surface area contributed by atoms with Crippen molar-refractivity contribution in [2.75, 3.05) is 26.8 Å². The predicted molar refractivity (Wildman–Crippen MR) is 74.6 cm³/mol. The summed E-state index contributed by atoms with van der Waals surface area (Å²) < 4.78 is 31.3. The van der Waals surface area contributed by atoms with E-state index < -0.39 is 16.0 Å². The third-order valence-corrected chi connectivity index (χ3v) is 6.13. The van der Waals surface area contributed by atoms with Gasteiger partial charge in [-0.25, -0.2) is 17.5 Å². The first-order valence-electron chi connectivity index (χ1n) is 6.27. The molecular weight excluding hydrogens is 302 g/mol. The molecule has 1 N–H and O–H groups in total. The first kappa shape index (κ1) is 15.4. The monoisotopic (exact) mass is 319 g/mol. The molecule has 20 heavy (non-hydrogen) atoms. The molecule has 8 heteroatoms. The average Bonchev–Trinajstić information content (AvgIpc) is 2.90. The van der Waals surface area contributed by atoms with Crippen molar-refractivity contribution in [1.82, 2.24) is 4.31 Å². The van der Waals surface area contributed by atoms with Crippen molar-refractivity contribution in [3.8, 4) is 0 Å². The van der Waals surface area contributed by atoms with Gasteiger partial charge in [0.15, 0.2) is 0 Å². The molecule has 1 saturated heterocycles. The summed E-state index contributed by atoms with van der Waals surface area (Å²) in [5, 5.41) is 10.2. The maximum absolute atomic E-state index is 12.3. The van der Waals surface area contributed by atoms with Gasteiger partial charge in [-0.15, -0.1) is 11.3 Å². The maximum Gasteiger partial charge on any atom is 0.345 e. The molecule has 1 atom stereocenters. The van der Waals surface area contributed by atoms with Gasteiger partial charge in [-0.3, -0.25) is 0 Å². The van der Waals surface area contributed by atoms with Crippen molar-refractivity contribution in [2.24, 2.45) is 5.92 Å². The van der Waals surface area contributed by atoms with Crippen LogP contribution in [-0.4, -0.2) is 50.6 Å². The molecule has 0 spiro atoms. The molecule has 0 radical (unpaired) electrons. The summed E-state index contributed by atoms with van der Waals surface area (Å²) in [5.74, 6) is -0.916. The van der Waals surface area contributed by atoms with Crippen LogP contribution in [-0.2, 0) is 14.8 Å². The zero-order chi connectivity index (χ0) is 14.8. The fraction of sp³-hybridized carbons (Fsp3) is 0.583. The van der Waals surface area contributed by atoms with Crippen molar-refractivity contribution < 1.29 is 23.1 Å². The number of carboxylic acids is 1. The van der Waals surface area contributed by atoms with Crippen LogP contribution in [0.2, 0.25) is 0 Å². The summed E-state index contributed by atoms with van der Waals surface area (Å²) >= 11 is 0.918. The number of rotatable bonds is 5. The van der Waals surface area contributed by atoms with Crippen LogP contribution in [0.4, 0.5) is 0 Å². The quantitative estimate of drug-likeness (QED) is 0.889. The van der Waals surface area contributed by atoms with Crippen LogP contribution in [0.25, 0.3) is 0 Å². The Kier molecular flexibility index (Phi) is 4.79. The van der Waals surface area contributed by atoms with E-state index in [0.29, 0.717) is 13.2 Å². The number of aromatic carboxylic acids is 1. The van der Waals surface area contributed by atoms with Crippen LogP contribution in [0, 0.1) is 5.92 Å². The zero-order valence-corrected chi connectivity index (χ0v) is 12.7. The molecule has 6 nitrogen and oxygen atoms in total. The molecular formula is C12H17NO5S2. The second-order valence-corrected chi connectivity index (χ2v) is 7.78. The summed E-state index contributed by atoms with van der Waals surface area (Å²) in [6.07, 6.45) is 1.89. The van der Waals surface area contributed by atoms with Crippen molar-refractivity contribution >= 4 is 27.3 Å². The highest BCUT2D eigenvalue weighted by Gasteiger charge is 2.26. The van der Waals surface area contributed by atoms with Crippen molar-refractivity contribution in [2.45, 2.75) is 17.7 Å². The van der Waals surface area contributed by atoms with Gasteiger partial charge >= 0.3 is 5.97 Å². The average molecular weight is 319 g/mol. The van der Waals surface area contributed by atoms with Crippen molar-refractivity contribution in [3.63, 3.8) is 0 Å². The van der Waals surface area contributed by atoms with Crippen LogP contribution >= 0.6 is 11.3 Å². The molecule has 112 valence electrons. The van der Waals surface area contributed by atoms with Crippen LogP contribution in [0.5, 0.6) is 0 Å². The Morgan fingerprint density at radius 3 is 2.90 bits per heavy atom. The Balaban J connectivity index is 2.09. The van der Waals surface area contributed by atoms with Gasteiger partial charge in [0.25, 0.3) is 0 Å². The first-order valence-corrected chi connectivity index (χ1v) is 8.59. The molecule has 0 aromatic carbocycles. The van der Waals surface area contributed by atoms with Gasteiger partial charge in [-0.1, -0.05) is 0 Å². The molecule has 0 aliphatic carbocycles. The molecule has 1 unspecified atom stereocenters. The second-order valence-electron chi connectivity index (χ2n) is 4.82. The first-order chi connectivity index (χ1) is 9.41. The fourth-order valence-electron chi connectivity index (χ4n) is 2.16. The van der Waals surface area contributed by atoms with Crippen molar-refractivity contribution in [3.05, 3.63) is 16.3 Å². The Labute approximate surface area is 122 Å². The Morgan fingerprint density at radius 1 is 1.60 bits per heavy atom. The number of carboxylic acid groups (broad SMARTS) is 1. The number of sulfonamides is 1. The summed E-state index contributed by atoms with van der Waals surface area (Å²) in [5.41, 5.74) is 0. The SMILES string of the molecule is CN(CC1CCCOC1)S(=O)(=O)c1csc(C(=O)O)c1. The number of nitrogens with zero attached hydrogens (tertiary/aromatic N) is 1. The molecule has 1 aliphatic heterocycles. The van der Waals surface area contributed by atoms with E-state index in [1.807, 2.05) is 0 Å². The lowest BCUT2D eigenvalue weighted by Crippen LogP contribution is -2.35. The van der Waals surface area contributed by atoms with E-state index in [-0.39, 0.29) is 15.7 Å². The zero-order valence-electron chi connectivity index (χ0n) is 11.1. The highest BCUT2D eigenvalue weighted by atomic mass is 32.2. The van der Waals surface area contributed by atoms with Crippen LogP contribution in [0.15, 0.2) is 16.3 Å². The Bertz CT molecular complexity index is 574. The van der Waals surface area contributed by atoms with Crippen LogP contribution in [0.3, 0.4) is 0 Å². The van der Waals surface area contributed by atoms with Crippen LogP contribution in [0.1, 0.15) is 22.5 Å². The highest BCUT2D eigenvalue weighted by molar-refractivity contribution is 7.89. The highest BCUT2D eigenvalue weighted by Crippen LogP contribution is 2.24. The molecule has 2 rings (SSSR count). The fourth-order valence-corrected chi connectivity index (χ4v) is 4.51. The summed E-state index contributed by atoms with van der Waals surface area (Å²) in [7, 11) is -2.11. The number of ether oxygens (including phenoxy) is 1. The van der Waals surface area contributed by atoms with Crippen LogP contribution < -0.4 is 0 Å². The Hall–Kier alpha value is -0.960. The minimum atomic E-state index is -3.63. The second kappa shape index (κ2) is 6.21. The molecule has 0 amide bonds. The predicted octanol–water partition coefficient (Wildman–Crippen LogP) is 1.49. The number of hydrogen-bond acceptors (Lipinski definition) is 5. The standard InChI is InChI=1S/C12H17NO5S2/c1-13(6-9-3-2-4-18-7-9)20(16,17)10-5-11(12(14)15)19-8-10/h5,8-9H,2-4,6-7H2,1H3,(H,14,15). The van der Waals surface area contributed by atoms with E-state index in [0.717, 1.165) is 30.8 Å². The van der Waals surface area contributed by atoms with E-state index in [4.69, 9.17) is 9.84 Å². The molecule has 0 bridgehead atoms. The molecule has 1 aliphatic rings. The van der Waals surface area contributed by atoms with E-state index in [2.05, 4.69) is 0 Å². The lowest BCUT2D eigenvalue weighted by molar-refractivity contribution is 0.0495. The third-order valence-electron chi connectivity index (χ3n) is 3.26. The topological polar surface area (TPSA) is 83.9 Å². The summed E-state index contributed by atoms with van der Waals surface area (Å²) in [4.78, 5) is 10.9. The minimum Gasteiger partial charge on any atom is -0.477 e. The normalized spacial score (nSPS) is 20.2. The van der Waals surface area contributed by atoms with Gasteiger partial charge in [0.05, 0.1) is 11.5 Å². The van der Waals surface area contributed by atoms with Gasteiger partial charge in [-0.2, -0.15) is 0 Å². The van der Waals surface area contributed by atoms with Crippen molar-refractivity contribution in [1.29, 1.82) is 0 Å². The summed E-state index contributed by atoms with van der Waals surface area (Å²) in [6.45, 7) is 1.70. The van der Waals surface area contributed by atoms with Gasteiger partial charge in [0, 0.05) is 25.6 Å². The molecule has 1 aromatic heterocycles. The summed E-state index contributed by atoms with van der Waals surface area (Å²) in [6, 6.07) is 1.20. The molecule has 0 saturated carbocycles. The minimum absolute atomic E-state index is 0.0259. The van der Waals surface area contributed by atoms with E-state index >= 15 is 0 Å². The van der Waals surface area contributed by atoms with Gasteiger partial charge in [0.2, 0.25) is 10.0 Å². The molecule has 1 fully saturated rings. The van der Waals surface area contributed by atoms with Gasteiger partial charge < -0.3 is 9.84 Å². The maximum atomic E-state index is 12.3.